The third-order valence-corrected chi connectivity index (χ3v) is 6.23. The van der Waals surface area contributed by atoms with Gasteiger partial charge in [0, 0.05) is 31.0 Å². The van der Waals surface area contributed by atoms with E-state index in [-0.39, 0.29) is 30.3 Å². The third kappa shape index (κ3) is 5.54. The van der Waals surface area contributed by atoms with Crippen LogP contribution < -0.4 is 4.74 Å². The van der Waals surface area contributed by atoms with Crippen molar-refractivity contribution in [2.45, 2.75) is 25.3 Å². The average Bonchev–Trinajstić information content (AvgIpc) is 3.60. The van der Waals surface area contributed by atoms with Gasteiger partial charge in [0.25, 0.3) is 5.91 Å². The van der Waals surface area contributed by atoms with Crippen molar-refractivity contribution >= 4 is 29.1 Å². The van der Waals surface area contributed by atoms with Crippen LogP contribution in [0.1, 0.15) is 36.4 Å². The first-order valence-corrected chi connectivity index (χ1v) is 11.4. The molecule has 1 aliphatic carbocycles. The molecular formula is C25H28ClN3O4. The maximum Gasteiger partial charge on any atom is 0.262 e. The van der Waals surface area contributed by atoms with Crippen molar-refractivity contribution in [1.29, 1.82) is 0 Å². The quantitative estimate of drug-likeness (QED) is 0.558. The fraction of sp³-hybridized carbons (Fsp3) is 0.400. The molecule has 1 unspecified atom stereocenters. The largest absolute Gasteiger partial charge is 0.497 e. The van der Waals surface area contributed by atoms with Crippen LogP contribution in [0.25, 0.3) is 0 Å². The Kier molecular flexibility index (Phi) is 7.30. The molecule has 1 saturated carbocycles. The lowest BCUT2D eigenvalue weighted by Crippen LogP contribution is -2.43. The molecule has 1 fully saturated rings. The molecule has 0 saturated heterocycles. The van der Waals surface area contributed by atoms with Gasteiger partial charge < -0.3 is 14.4 Å². The zero-order chi connectivity index (χ0) is 23.4. The highest BCUT2D eigenvalue weighted by atomic mass is 35.5. The van der Waals surface area contributed by atoms with E-state index < -0.39 is 0 Å². The highest BCUT2D eigenvalue weighted by Gasteiger charge is 2.37. The van der Waals surface area contributed by atoms with Crippen molar-refractivity contribution in [3.8, 4) is 5.75 Å². The molecule has 2 aromatic carbocycles. The number of nitrogens with zero attached hydrogens (tertiary/aromatic N) is 3. The monoisotopic (exact) mass is 469 g/mol. The topological polar surface area (TPSA) is 71.4 Å². The number of amides is 2. The summed E-state index contributed by atoms with van der Waals surface area (Å²) in [5.74, 6) is 0.580. The van der Waals surface area contributed by atoms with Gasteiger partial charge in [0.1, 0.15) is 12.3 Å². The van der Waals surface area contributed by atoms with Crippen LogP contribution in [0.2, 0.25) is 5.02 Å². The molecule has 2 amide bonds. The SMILES string of the molecule is COCCN(CC(=O)N1N=C(c2ccc(OC)cc2)CC1c1ccc(Cl)cc1)C(=O)C1CC1. The van der Waals surface area contributed by atoms with Gasteiger partial charge in [0.2, 0.25) is 5.91 Å². The maximum absolute atomic E-state index is 13.4. The van der Waals surface area contributed by atoms with Crippen molar-refractivity contribution in [2.24, 2.45) is 11.0 Å². The van der Waals surface area contributed by atoms with Gasteiger partial charge in [-0.2, -0.15) is 5.10 Å². The second-order valence-electron chi connectivity index (χ2n) is 8.31. The number of ether oxygens (including phenoxy) is 2. The Balaban J connectivity index is 1.59. The Labute approximate surface area is 198 Å². The number of methoxy groups -OCH3 is 2. The Morgan fingerprint density at radius 1 is 1.09 bits per heavy atom. The van der Waals surface area contributed by atoms with Gasteiger partial charge >= 0.3 is 0 Å². The summed E-state index contributed by atoms with van der Waals surface area (Å²) in [6.07, 6.45) is 2.33. The molecule has 8 heteroatoms. The van der Waals surface area contributed by atoms with Crippen LogP contribution in [-0.4, -0.2) is 61.4 Å². The van der Waals surface area contributed by atoms with E-state index >= 15 is 0 Å². The molecule has 2 aliphatic rings. The lowest BCUT2D eigenvalue weighted by atomic mass is 9.98. The molecule has 2 aromatic rings. The smallest absolute Gasteiger partial charge is 0.262 e. The summed E-state index contributed by atoms with van der Waals surface area (Å²) in [7, 11) is 3.21. The molecule has 7 nitrogen and oxygen atoms in total. The van der Waals surface area contributed by atoms with Gasteiger partial charge in [-0.1, -0.05) is 23.7 Å². The van der Waals surface area contributed by atoms with Crippen molar-refractivity contribution in [1.82, 2.24) is 9.91 Å². The van der Waals surface area contributed by atoms with Crippen molar-refractivity contribution in [3.05, 3.63) is 64.7 Å². The zero-order valence-corrected chi connectivity index (χ0v) is 19.6. The molecule has 0 spiro atoms. The van der Waals surface area contributed by atoms with Crippen LogP contribution in [0.15, 0.2) is 53.6 Å². The third-order valence-electron chi connectivity index (χ3n) is 5.97. The number of carbonyl (C=O) groups is 2. The number of hydrogen-bond donors (Lipinski definition) is 0. The van der Waals surface area contributed by atoms with Crippen LogP contribution in [0.3, 0.4) is 0 Å². The number of halogens is 1. The van der Waals surface area contributed by atoms with Crippen molar-refractivity contribution in [3.63, 3.8) is 0 Å². The normalized spacial score (nSPS) is 17.6. The lowest BCUT2D eigenvalue weighted by Gasteiger charge is -2.27. The van der Waals surface area contributed by atoms with E-state index in [4.69, 9.17) is 26.2 Å². The maximum atomic E-state index is 13.4. The number of hydrazone groups is 1. The summed E-state index contributed by atoms with van der Waals surface area (Å²) in [4.78, 5) is 27.8. The number of rotatable bonds is 9. The number of benzene rings is 2. The van der Waals surface area contributed by atoms with Gasteiger partial charge in [-0.15, -0.1) is 0 Å². The van der Waals surface area contributed by atoms with Crippen molar-refractivity contribution < 1.29 is 19.1 Å². The Morgan fingerprint density at radius 3 is 2.39 bits per heavy atom. The molecule has 1 aliphatic heterocycles. The highest BCUT2D eigenvalue weighted by molar-refractivity contribution is 6.30. The molecule has 1 heterocycles. The van der Waals surface area contributed by atoms with E-state index in [2.05, 4.69) is 0 Å². The first-order valence-electron chi connectivity index (χ1n) is 11.1. The second kappa shape index (κ2) is 10.4. The van der Waals surface area contributed by atoms with E-state index in [1.165, 1.54) is 5.01 Å². The predicted molar refractivity (Wildman–Crippen MR) is 126 cm³/mol. The molecule has 0 bridgehead atoms. The first kappa shape index (κ1) is 23.3. The van der Waals surface area contributed by atoms with Gasteiger partial charge in [-0.3, -0.25) is 9.59 Å². The first-order chi connectivity index (χ1) is 16.0. The Bertz CT molecular complexity index is 1020. The standard InChI is InChI=1S/C25H28ClN3O4/c1-32-14-13-28(25(31)19-3-4-19)16-24(30)29-23(18-5-9-20(26)10-6-18)15-22(27-29)17-7-11-21(33-2)12-8-17/h5-12,19,23H,3-4,13-16H2,1-2H3. The lowest BCUT2D eigenvalue weighted by molar-refractivity contribution is -0.142. The minimum Gasteiger partial charge on any atom is -0.497 e. The molecular weight excluding hydrogens is 442 g/mol. The summed E-state index contributed by atoms with van der Waals surface area (Å²) < 4.78 is 10.4. The predicted octanol–water partition coefficient (Wildman–Crippen LogP) is 3.91. The molecule has 4 rings (SSSR count). The van der Waals surface area contributed by atoms with Gasteiger partial charge in [0.15, 0.2) is 0 Å². The van der Waals surface area contributed by atoms with Crippen LogP contribution in [0.5, 0.6) is 5.75 Å². The number of hydrogen-bond acceptors (Lipinski definition) is 5. The Hall–Kier alpha value is -2.90. The molecule has 0 N–H and O–H groups in total. The summed E-state index contributed by atoms with van der Waals surface area (Å²) in [6, 6.07) is 14.8. The van der Waals surface area contributed by atoms with E-state index in [1.807, 2.05) is 48.5 Å². The van der Waals surface area contributed by atoms with E-state index in [0.29, 0.717) is 24.6 Å². The highest BCUT2D eigenvalue weighted by Crippen LogP contribution is 2.35. The molecule has 174 valence electrons. The average molecular weight is 470 g/mol. The fourth-order valence-corrected chi connectivity index (χ4v) is 4.06. The molecule has 0 aromatic heterocycles. The Morgan fingerprint density at radius 2 is 1.79 bits per heavy atom. The summed E-state index contributed by atoms with van der Waals surface area (Å²) in [6.45, 7) is 0.737. The summed E-state index contributed by atoms with van der Waals surface area (Å²) >= 11 is 6.08. The van der Waals surface area contributed by atoms with E-state index in [0.717, 1.165) is 35.4 Å². The van der Waals surface area contributed by atoms with Crippen LogP contribution in [0, 0.1) is 5.92 Å². The number of carbonyl (C=O) groups excluding carboxylic acids is 2. The van der Waals surface area contributed by atoms with Gasteiger partial charge in [-0.05, 0) is 60.4 Å². The summed E-state index contributed by atoms with van der Waals surface area (Å²) in [5, 5.41) is 6.85. The van der Waals surface area contributed by atoms with Gasteiger partial charge in [-0.25, -0.2) is 5.01 Å². The minimum atomic E-state index is -0.271. The molecule has 1 atom stereocenters. The summed E-state index contributed by atoms with van der Waals surface area (Å²) in [5.41, 5.74) is 2.68. The molecule has 33 heavy (non-hydrogen) atoms. The fourth-order valence-electron chi connectivity index (χ4n) is 3.94. The van der Waals surface area contributed by atoms with Crippen LogP contribution in [-0.2, 0) is 14.3 Å². The van der Waals surface area contributed by atoms with Crippen LogP contribution >= 0.6 is 11.6 Å². The van der Waals surface area contributed by atoms with E-state index in [9.17, 15) is 9.59 Å². The van der Waals surface area contributed by atoms with Crippen molar-refractivity contribution in [2.75, 3.05) is 33.9 Å². The van der Waals surface area contributed by atoms with Gasteiger partial charge in [0.05, 0.1) is 25.5 Å². The van der Waals surface area contributed by atoms with E-state index in [1.54, 1.807) is 19.1 Å². The molecule has 0 radical (unpaired) electrons. The van der Waals surface area contributed by atoms with Crippen LogP contribution in [0.4, 0.5) is 0 Å². The minimum absolute atomic E-state index is 0.0157. The zero-order valence-electron chi connectivity index (χ0n) is 18.9. The second-order valence-corrected chi connectivity index (χ2v) is 8.75.